The topological polar surface area (TPSA) is 214 Å². The van der Waals surface area contributed by atoms with E-state index in [1.165, 1.54) is 12.8 Å². The first-order valence-corrected chi connectivity index (χ1v) is 26.2. The molecule has 0 aromatic heterocycles. The molecule has 2 fully saturated rings. The predicted octanol–water partition coefficient (Wildman–Crippen LogP) is 8.07. The molecule has 69 heavy (non-hydrogen) atoms. The van der Waals surface area contributed by atoms with Gasteiger partial charge in [-0.05, 0) is 83.5 Å². The molecule has 0 aromatic rings. The first-order chi connectivity index (χ1) is 33.6. The van der Waals surface area contributed by atoms with Crippen molar-refractivity contribution in [2.24, 2.45) is 0 Å². The summed E-state index contributed by atoms with van der Waals surface area (Å²) in [6.45, 7) is 3.38. The van der Waals surface area contributed by atoms with Gasteiger partial charge in [-0.2, -0.15) is 0 Å². The smallest absolute Gasteiger partial charge is 0.306 e. The SMILES string of the molecule is CC/C=C\C/C=C\C/C=C\C/C=C\CCCCCCCOCC(COC1OC(COC2OC(CO)C(O)C(O)C2O)C(O)C(O)C1O)OC(=O)CCCCCCCCC/C=C\C/C=C\C/C=C\CC. The minimum Gasteiger partial charge on any atom is -0.457 e. The first-order valence-electron chi connectivity index (χ1n) is 26.2. The van der Waals surface area contributed by atoms with Crippen molar-refractivity contribution < 1.29 is 69.0 Å². The van der Waals surface area contributed by atoms with E-state index in [4.69, 9.17) is 28.4 Å². The molecule has 0 bridgehead atoms. The van der Waals surface area contributed by atoms with Crippen molar-refractivity contribution in [3.8, 4) is 0 Å². The van der Waals surface area contributed by atoms with E-state index in [9.17, 15) is 40.5 Å². The number of aliphatic hydroxyl groups is 7. The van der Waals surface area contributed by atoms with Crippen molar-refractivity contribution in [2.75, 3.05) is 33.0 Å². The van der Waals surface area contributed by atoms with Crippen molar-refractivity contribution in [1.29, 1.82) is 0 Å². The Labute approximate surface area is 414 Å². The lowest BCUT2D eigenvalue weighted by atomic mass is 9.98. The van der Waals surface area contributed by atoms with Gasteiger partial charge >= 0.3 is 5.97 Å². The normalized spacial score (nSPS) is 26.4. The molecule has 0 saturated carbocycles. The number of carbonyl (C=O) groups excluding carboxylic acids is 1. The summed E-state index contributed by atoms with van der Waals surface area (Å²) in [7, 11) is 0. The quantitative estimate of drug-likeness (QED) is 0.0176. The minimum absolute atomic E-state index is 0.0394. The van der Waals surface area contributed by atoms with Crippen LogP contribution < -0.4 is 0 Å². The Hall–Kier alpha value is -2.83. The molecule has 0 aromatic carbocycles. The average molecular weight is 977 g/mol. The molecule has 0 radical (unpaired) electrons. The lowest BCUT2D eigenvalue weighted by Crippen LogP contribution is -2.61. The Kier molecular flexibility index (Phi) is 37.7. The molecular weight excluding hydrogens is 885 g/mol. The minimum atomic E-state index is -1.72. The van der Waals surface area contributed by atoms with Gasteiger partial charge in [0.25, 0.3) is 0 Å². The highest BCUT2D eigenvalue weighted by atomic mass is 16.7. The number of hydrogen-bond acceptors (Lipinski definition) is 14. The molecule has 14 nitrogen and oxygen atoms in total. The third kappa shape index (κ3) is 29.3. The highest BCUT2D eigenvalue weighted by Gasteiger charge is 2.47. The van der Waals surface area contributed by atoms with E-state index in [1.807, 2.05) is 0 Å². The van der Waals surface area contributed by atoms with Crippen LogP contribution in [0.2, 0.25) is 0 Å². The van der Waals surface area contributed by atoms with Crippen LogP contribution in [0, 0.1) is 0 Å². The van der Waals surface area contributed by atoms with Gasteiger partial charge in [0.2, 0.25) is 0 Å². The maximum Gasteiger partial charge on any atom is 0.306 e. The number of unbranched alkanes of at least 4 members (excludes halogenated alkanes) is 12. The number of rotatable bonds is 40. The summed E-state index contributed by atoms with van der Waals surface area (Å²) in [5, 5.41) is 72.2. The van der Waals surface area contributed by atoms with Crippen LogP contribution >= 0.6 is 0 Å². The van der Waals surface area contributed by atoms with Crippen LogP contribution in [-0.2, 0) is 33.2 Å². The molecule has 0 amide bonds. The van der Waals surface area contributed by atoms with Gasteiger partial charge in [-0.1, -0.05) is 150 Å². The lowest BCUT2D eigenvalue weighted by molar-refractivity contribution is -0.332. The van der Waals surface area contributed by atoms with Crippen LogP contribution in [0.15, 0.2) is 85.1 Å². The number of allylic oxidation sites excluding steroid dienone is 14. The molecule has 14 heteroatoms. The average Bonchev–Trinajstić information content (AvgIpc) is 3.35. The summed E-state index contributed by atoms with van der Waals surface area (Å²) in [6.07, 6.45) is 36.4. The van der Waals surface area contributed by atoms with Crippen LogP contribution in [0.3, 0.4) is 0 Å². The van der Waals surface area contributed by atoms with E-state index in [1.54, 1.807) is 0 Å². The molecule has 2 aliphatic rings. The van der Waals surface area contributed by atoms with Crippen LogP contribution in [0.1, 0.15) is 155 Å². The largest absolute Gasteiger partial charge is 0.457 e. The molecule has 2 aliphatic heterocycles. The summed E-state index contributed by atoms with van der Waals surface area (Å²) in [4.78, 5) is 13.0. The Balaban J connectivity index is 1.78. The highest BCUT2D eigenvalue weighted by Crippen LogP contribution is 2.26. The number of carbonyl (C=O) groups is 1. The van der Waals surface area contributed by atoms with E-state index in [-0.39, 0.29) is 19.6 Å². The van der Waals surface area contributed by atoms with Crippen molar-refractivity contribution in [1.82, 2.24) is 0 Å². The van der Waals surface area contributed by atoms with Crippen LogP contribution in [-0.4, -0.2) is 142 Å². The highest BCUT2D eigenvalue weighted by molar-refractivity contribution is 5.69. The van der Waals surface area contributed by atoms with Gasteiger partial charge in [0.1, 0.15) is 54.9 Å². The molecule has 2 heterocycles. The number of ether oxygens (including phenoxy) is 6. The Morgan fingerprint density at radius 3 is 1.41 bits per heavy atom. The fraction of sp³-hybridized carbons (Fsp3) is 0.727. The Bertz CT molecular complexity index is 1460. The number of esters is 1. The van der Waals surface area contributed by atoms with Crippen LogP contribution in [0.4, 0.5) is 0 Å². The second-order valence-corrected chi connectivity index (χ2v) is 17.9. The predicted molar refractivity (Wildman–Crippen MR) is 270 cm³/mol. The van der Waals surface area contributed by atoms with Gasteiger partial charge in [-0.15, -0.1) is 0 Å². The monoisotopic (exact) mass is 977 g/mol. The van der Waals surface area contributed by atoms with Gasteiger partial charge in [-0.25, -0.2) is 0 Å². The van der Waals surface area contributed by atoms with Gasteiger partial charge in [0.15, 0.2) is 12.6 Å². The molecule has 2 rings (SSSR count). The van der Waals surface area contributed by atoms with Crippen molar-refractivity contribution >= 4 is 5.97 Å². The molecule has 396 valence electrons. The third-order valence-electron chi connectivity index (χ3n) is 11.9. The van der Waals surface area contributed by atoms with Crippen molar-refractivity contribution in [2.45, 2.75) is 223 Å². The van der Waals surface area contributed by atoms with E-state index >= 15 is 0 Å². The second-order valence-electron chi connectivity index (χ2n) is 17.9. The van der Waals surface area contributed by atoms with Crippen LogP contribution in [0.5, 0.6) is 0 Å². The van der Waals surface area contributed by atoms with E-state index < -0.39 is 86.7 Å². The summed E-state index contributed by atoms with van der Waals surface area (Å²) < 4.78 is 34.3. The number of aliphatic hydroxyl groups excluding tert-OH is 7. The van der Waals surface area contributed by atoms with E-state index in [0.717, 1.165) is 116 Å². The molecule has 0 spiro atoms. The van der Waals surface area contributed by atoms with Crippen molar-refractivity contribution in [3.63, 3.8) is 0 Å². The molecule has 11 unspecified atom stereocenters. The molecule has 11 atom stereocenters. The number of hydrogen-bond donors (Lipinski definition) is 7. The zero-order valence-corrected chi connectivity index (χ0v) is 42.0. The maximum atomic E-state index is 13.0. The summed E-state index contributed by atoms with van der Waals surface area (Å²) in [6, 6.07) is 0. The summed E-state index contributed by atoms with van der Waals surface area (Å²) in [5.74, 6) is -0.397. The Morgan fingerprint density at radius 2 is 0.899 bits per heavy atom. The maximum absolute atomic E-state index is 13.0. The fourth-order valence-corrected chi connectivity index (χ4v) is 7.70. The third-order valence-corrected chi connectivity index (χ3v) is 11.9. The Morgan fingerprint density at radius 1 is 0.478 bits per heavy atom. The molecule has 0 aliphatic carbocycles. The lowest BCUT2D eigenvalue weighted by Gasteiger charge is -2.42. The van der Waals surface area contributed by atoms with Gasteiger partial charge in [0.05, 0.1) is 26.4 Å². The zero-order chi connectivity index (χ0) is 50.2. The second kappa shape index (κ2) is 41.8. The summed E-state index contributed by atoms with van der Waals surface area (Å²) >= 11 is 0. The fourth-order valence-electron chi connectivity index (χ4n) is 7.70. The summed E-state index contributed by atoms with van der Waals surface area (Å²) in [5.41, 5.74) is 0. The van der Waals surface area contributed by atoms with Gasteiger partial charge in [-0.3, -0.25) is 4.79 Å². The molecular formula is C55H92O14. The van der Waals surface area contributed by atoms with E-state index in [0.29, 0.717) is 13.0 Å². The van der Waals surface area contributed by atoms with Gasteiger partial charge < -0.3 is 64.2 Å². The first kappa shape index (κ1) is 62.3. The van der Waals surface area contributed by atoms with E-state index in [2.05, 4.69) is 98.9 Å². The van der Waals surface area contributed by atoms with Crippen LogP contribution in [0.25, 0.3) is 0 Å². The molecule has 7 N–H and O–H groups in total. The molecule has 2 saturated heterocycles. The zero-order valence-electron chi connectivity index (χ0n) is 42.0. The van der Waals surface area contributed by atoms with Gasteiger partial charge in [0, 0.05) is 13.0 Å². The standard InChI is InChI=1S/C55H92O14/c1-3-5-7-9-11-13-15-17-19-21-23-25-27-29-31-33-35-37-39-64-41-44(67-47(57)38-36-34-32-30-28-26-24-22-20-18-16-14-12-10-8-6-4-2)42-65-54-53(63)51(61)49(59)46(69-54)43-66-55-52(62)50(60)48(58)45(40-56)68-55/h5-8,11-14,17-20,23,25,44-46,48-56,58-63H,3-4,9-10,15-16,21-22,24,26-43H2,1-2H3/b7-5-,8-6-,13-11-,14-12-,19-17-,20-18-,25-23-. The van der Waals surface area contributed by atoms with Crippen molar-refractivity contribution in [3.05, 3.63) is 85.1 Å².